The molecule has 0 aromatic heterocycles. The fourth-order valence-electron chi connectivity index (χ4n) is 3.72. The van der Waals surface area contributed by atoms with Crippen molar-refractivity contribution in [1.29, 1.82) is 0 Å². The van der Waals surface area contributed by atoms with Crippen LogP contribution in [0.2, 0.25) is 0 Å². The molecule has 1 heterocycles. The molecule has 1 fully saturated rings. The van der Waals surface area contributed by atoms with Crippen LogP contribution in [0.5, 0.6) is 5.75 Å². The smallest absolute Gasteiger partial charge is 0.220 e. The van der Waals surface area contributed by atoms with Gasteiger partial charge in [-0.15, -0.1) is 0 Å². The zero-order chi connectivity index (χ0) is 19.6. The summed E-state index contributed by atoms with van der Waals surface area (Å²) < 4.78 is 5.65. The molecule has 4 heteroatoms. The number of rotatable bonds is 9. The molecule has 28 heavy (non-hydrogen) atoms. The minimum absolute atomic E-state index is 0.0813. The summed E-state index contributed by atoms with van der Waals surface area (Å²) in [5.74, 6) is 0.932. The van der Waals surface area contributed by atoms with Gasteiger partial charge in [0, 0.05) is 25.6 Å². The Labute approximate surface area is 168 Å². The van der Waals surface area contributed by atoms with E-state index in [9.17, 15) is 4.79 Å². The van der Waals surface area contributed by atoms with Crippen LogP contribution in [0.25, 0.3) is 0 Å². The van der Waals surface area contributed by atoms with Crippen LogP contribution in [-0.2, 0) is 17.9 Å². The van der Waals surface area contributed by atoms with Gasteiger partial charge in [-0.1, -0.05) is 48.9 Å². The van der Waals surface area contributed by atoms with Crippen LogP contribution in [0.3, 0.4) is 0 Å². The Kier molecular flexibility index (Phi) is 7.92. The summed E-state index contributed by atoms with van der Waals surface area (Å²) in [4.78, 5) is 14.8. The molecule has 1 saturated heterocycles. The Bertz CT molecular complexity index is 732. The van der Waals surface area contributed by atoms with Crippen molar-refractivity contribution < 1.29 is 9.53 Å². The highest BCUT2D eigenvalue weighted by Gasteiger charge is 2.19. The zero-order valence-electron chi connectivity index (χ0n) is 16.9. The second-order valence-electron chi connectivity index (χ2n) is 7.63. The lowest BCUT2D eigenvalue weighted by atomic mass is 10.0. The van der Waals surface area contributed by atoms with Gasteiger partial charge in [0.15, 0.2) is 0 Å². The van der Waals surface area contributed by atoms with E-state index >= 15 is 0 Å². The second-order valence-corrected chi connectivity index (χ2v) is 7.63. The van der Waals surface area contributed by atoms with Crippen molar-refractivity contribution in [3.8, 4) is 5.75 Å². The molecule has 0 bridgehead atoms. The molecule has 4 nitrogen and oxygen atoms in total. The molecular formula is C24H32N2O2. The van der Waals surface area contributed by atoms with Crippen molar-refractivity contribution in [1.82, 2.24) is 10.2 Å². The molecule has 0 saturated carbocycles. The van der Waals surface area contributed by atoms with Crippen LogP contribution >= 0.6 is 0 Å². The number of nitrogens with zero attached hydrogens (tertiary/aromatic N) is 1. The fourth-order valence-corrected chi connectivity index (χ4v) is 3.72. The van der Waals surface area contributed by atoms with Gasteiger partial charge in [0.2, 0.25) is 5.91 Å². The Morgan fingerprint density at radius 2 is 1.82 bits per heavy atom. The van der Waals surface area contributed by atoms with E-state index in [2.05, 4.69) is 41.4 Å². The van der Waals surface area contributed by atoms with Crippen LogP contribution in [0.1, 0.15) is 50.2 Å². The molecule has 0 aliphatic carbocycles. The summed E-state index contributed by atoms with van der Waals surface area (Å²) in [5.41, 5.74) is 2.54. The van der Waals surface area contributed by atoms with Gasteiger partial charge in [0.25, 0.3) is 0 Å². The van der Waals surface area contributed by atoms with Gasteiger partial charge < -0.3 is 10.1 Å². The molecular weight excluding hydrogens is 348 g/mol. The van der Waals surface area contributed by atoms with Gasteiger partial charge in [0.05, 0.1) is 6.61 Å². The van der Waals surface area contributed by atoms with Crippen molar-refractivity contribution in [2.45, 2.75) is 58.2 Å². The van der Waals surface area contributed by atoms with E-state index in [1.807, 2.05) is 30.3 Å². The number of hydrogen-bond acceptors (Lipinski definition) is 3. The van der Waals surface area contributed by atoms with Crippen molar-refractivity contribution in [2.24, 2.45) is 0 Å². The van der Waals surface area contributed by atoms with Crippen LogP contribution in [0.4, 0.5) is 0 Å². The van der Waals surface area contributed by atoms with E-state index in [0.29, 0.717) is 32.0 Å². The fraction of sp³-hybridized carbons (Fsp3) is 0.458. The van der Waals surface area contributed by atoms with E-state index < -0.39 is 0 Å². The number of likely N-dealkylation sites (tertiary alicyclic amines) is 1. The van der Waals surface area contributed by atoms with E-state index in [4.69, 9.17) is 4.74 Å². The molecule has 0 spiro atoms. The predicted octanol–water partition coefficient (Wildman–Crippen LogP) is 4.54. The standard InChI is InChI=1S/C24H32N2O2/c1-20-10-7-8-16-26(20)19-22-12-6-5-11-21(22)18-25-24(27)15-9-17-28-23-13-3-2-4-14-23/h2-6,11-14,20H,7-10,15-19H2,1H3,(H,25,27). The van der Waals surface area contributed by atoms with Gasteiger partial charge in [-0.05, 0) is 56.0 Å². The number of piperidine rings is 1. The number of nitrogens with one attached hydrogen (secondary N) is 1. The van der Waals surface area contributed by atoms with Gasteiger partial charge in [-0.2, -0.15) is 0 Å². The number of amides is 1. The highest BCUT2D eigenvalue weighted by molar-refractivity contribution is 5.75. The maximum Gasteiger partial charge on any atom is 0.220 e. The third-order valence-corrected chi connectivity index (χ3v) is 5.47. The summed E-state index contributed by atoms with van der Waals surface area (Å²) in [6.07, 6.45) is 5.10. The molecule has 1 unspecified atom stereocenters. The molecule has 1 atom stereocenters. The van der Waals surface area contributed by atoms with E-state index in [0.717, 1.165) is 12.3 Å². The van der Waals surface area contributed by atoms with E-state index in [1.54, 1.807) is 0 Å². The molecule has 2 aromatic carbocycles. The van der Waals surface area contributed by atoms with Crippen LogP contribution in [0.15, 0.2) is 54.6 Å². The van der Waals surface area contributed by atoms with Crippen molar-refractivity contribution in [3.05, 3.63) is 65.7 Å². The summed E-state index contributed by atoms with van der Waals surface area (Å²) in [6, 6.07) is 18.8. The maximum atomic E-state index is 12.2. The predicted molar refractivity (Wildman–Crippen MR) is 113 cm³/mol. The normalized spacial score (nSPS) is 17.2. The molecule has 1 aliphatic rings. The minimum atomic E-state index is 0.0813. The molecule has 1 N–H and O–H groups in total. The number of para-hydroxylation sites is 1. The second kappa shape index (κ2) is 10.9. The van der Waals surface area contributed by atoms with Gasteiger partial charge in [-0.3, -0.25) is 9.69 Å². The first kappa shape index (κ1) is 20.4. The average molecular weight is 381 g/mol. The van der Waals surface area contributed by atoms with Crippen molar-refractivity contribution in [3.63, 3.8) is 0 Å². The first-order valence-corrected chi connectivity index (χ1v) is 10.5. The van der Waals surface area contributed by atoms with Gasteiger partial charge >= 0.3 is 0 Å². The summed E-state index contributed by atoms with van der Waals surface area (Å²) in [6.45, 7) is 5.61. The Balaban J connectivity index is 1.42. The molecule has 1 amide bonds. The molecule has 3 rings (SSSR count). The van der Waals surface area contributed by atoms with Crippen molar-refractivity contribution >= 4 is 5.91 Å². The summed E-state index contributed by atoms with van der Waals surface area (Å²) in [5, 5.41) is 3.07. The molecule has 1 aliphatic heterocycles. The lowest BCUT2D eigenvalue weighted by molar-refractivity contribution is -0.121. The zero-order valence-corrected chi connectivity index (χ0v) is 16.9. The van der Waals surface area contributed by atoms with E-state index in [-0.39, 0.29) is 5.91 Å². The summed E-state index contributed by atoms with van der Waals surface area (Å²) in [7, 11) is 0. The Hall–Kier alpha value is -2.33. The number of carbonyl (C=O) groups is 1. The SMILES string of the molecule is CC1CCCCN1Cc1ccccc1CNC(=O)CCCOc1ccccc1. The van der Waals surface area contributed by atoms with Gasteiger partial charge in [0.1, 0.15) is 5.75 Å². The van der Waals surface area contributed by atoms with Crippen LogP contribution in [0, 0.1) is 0 Å². The Morgan fingerprint density at radius 3 is 2.61 bits per heavy atom. The first-order chi connectivity index (χ1) is 13.7. The molecule has 0 radical (unpaired) electrons. The maximum absolute atomic E-state index is 12.2. The van der Waals surface area contributed by atoms with Crippen molar-refractivity contribution in [2.75, 3.05) is 13.2 Å². The number of ether oxygens (including phenoxy) is 1. The summed E-state index contributed by atoms with van der Waals surface area (Å²) >= 11 is 0. The Morgan fingerprint density at radius 1 is 1.07 bits per heavy atom. The lowest BCUT2D eigenvalue weighted by Crippen LogP contribution is -2.37. The lowest BCUT2D eigenvalue weighted by Gasteiger charge is -2.33. The van der Waals surface area contributed by atoms with Gasteiger partial charge in [-0.25, -0.2) is 0 Å². The topological polar surface area (TPSA) is 41.6 Å². The largest absolute Gasteiger partial charge is 0.494 e. The van der Waals surface area contributed by atoms with E-state index in [1.165, 1.54) is 36.9 Å². The minimum Gasteiger partial charge on any atom is -0.494 e. The molecule has 2 aromatic rings. The third-order valence-electron chi connectivity index (χ3n) is 5.47. The highest BCUT2D eigenvalue weighted by atomic mass is 16.5. The highest BCUT2D eigenvalue weighted by Crippen LogP contribution is 2.20. The van der Waals surface area contributed by atoms with Crippen LogP contribution < -0.4 is 10.1 Å². The average Bonchev–Trinajstić information content (AvgIpc) is 2.73. The quantitative estimate of drug-likeness (QED) is 0.650. The number of carbonyl (C=O) groups excluding carboxylic acids is 1. The van der Waals surface area contributed by atoms with Crippen LogP contribution in [-0.4, -0.2) is 30.0 Å². The molecule has 150 valence electrons. The number of hydrogen-bond donors (Lipinski definition) is 1. The third kappa shape index (κ3) is 6.38. The first-order valence-electron chi connectivity index (χ1n) is 10.5. The monoisotopic (exact) mass is 380 g/mol. The number of benzene rings is 2.